The van der Waals surface area contributed by atoms with Crippen molar-refractivity contribution in [3.8, 4) is 5.75 Å². The normalized spacial score (nSPS) is 30.4. The van der Waals surface area contributed by atoms with E-state index in [9.17, 15) is 0 Å². The van der Waals surface area contributed by atoms with Gasteiger partial charge in [-0.05, 0) is 95.9 Å². The van der Waals surface area contributed by atoms with Gasteiger partial charge in [0.15, 0.2) is 0 Å². The predicted octanol–water partition coefficient (Wildman–Crippen LogP) is 7.05. The van der Waals surface area contributed by atoms with Crippen LogP contribution in [0.4, 0.5) is 0 Å². The Morgan fingerprint density at radius 2 is 1.90 bits per heavy atom. The summed E-state index contributed by atoms with van der Waals surface area (Å²) in [7, 11) is 0. The number of ether oxygens (including phenoxy) is 1. The minimum Gasteiger partial charge on any atom is -0.489 e. The summed E-state index contributed by atoms with van der Waals surface area (Å²) in [4.78, 5) is 1.37. The van der Waals surface area contributed by atoms with E-state index in [0.717, 1.165) is 29.9 Å². The van der Waals surface area contributed by atoms with E-state index in [1.165, 1.54) is 60.1 Å². The van der Waals surface area contributed by atoms with Crippen molar-refractivity contribution in [1.82, 2.24) is 0 Å². The Morgan fingerprint density at radius 3 is 2.69 bits per heavy atom. The first-order valence-corrected chi connectivity index (χ1v) is 11.9. The molecule has 0 bridgehead atoms. The van der Waals surface area contributed by atoms with E-state index in [2.05, 4.69) is 56.3 Å². The van der Waals surface area contributed by atoms with Crippen molar-refractivity contribution in [3.05, 3.63) is 64.7 Å². The Balaban J connectivity index is 1.42. The second kappa shape index (κ2) is 7.54. The molecule has 0 aromatic heterocycles. The van der Waals surface area contributed by atoms with Crippen LogP contribution in [-0.4, -0.2) is 4.86 Å². The molecule has 0 aliphatic heterocycles. The summed E-state index contributed by atoms with van der Waals surface area (Å²) in [6, 6.07) is 15.4. The van der Waals surface area contributed by atoms with Gasteiger partial charge < -0.3 is 4.74 Å². The fraction of sp³-hybridized carbons (Fsp3) is 0.519. The van der Waals surface area contributed by atoms with Crippen LogP contribution in [0.25, 0.3) is 0 Å². The summed E-state index contributed by atoms with van der Waals surface area (Å²) in [6.45, 7) is 5.37. The quantitative estimate of drug-likeness (QED) is 0.505. The van der Waals surface area contributed by atoms with Gasteiger partial charge in [-0.15, -0.1) is 0 Å². The number of hydrogen-bond donors (Lipinski definition) is 0. The molecule has 2 heteroatoms. The van der Waals surface area contributed by atoms with Crippen LogP contribution in [0.2, 0.25) is 0 Å². The van der Waals surface area contributed by atoms with Crippen LogP contribution in [-0.2, 0) is 19.4 Å². The second-order valence-corrected chi connectivity index (χ2v) is 10.1. The average molecular weight is 405 g/mol. The van der Waals surface area contributed by atoms with Gasteiger partial charge in [0.25, 0.3) is 0 Å². The zero-order chi connectivity index (χ0) is 20.0. The van der Waals surface area contributed by atoms with Gasteiger partial charge in [-0.25, -0.2) is 0 Å². The molecule has 152 valence electrons. The first-order valence-electron chi connectivity index (χ1n) is 11.5. The van der Waals surface area contributed by atoms with Crippen LogP contribution < -0.4 is 4.74 Å². The molecule has 4 atom stereocenters. The molecule has 5 rings (SSSR count). The number of rotatable bonds is 4. The number of thiocarbonyl (C=S) groups is 1. The first-order chi connectivity index (χ1) is 14.1. The van der Waals surface area contributed by atoms with Gasteiger partial charge in [0.2, 0.25) is 0 Å². The van der Waals surface area contributed by atoms with Gasteiger partial charge in [0.05, 0.1) is 0 Å². The third-order valence-electron chi connectivity index (χ3n) is 8.23. The molecule has 3 aliphatic rings. The molecule has 0 saturated heterocycles. The lowest BCUT2D eigenvalue weighted by molar-refractivity contribution is 0.0966. The molecule has 2 aromatic rings. The summed E-state index contributed by atoms with van der Waals surface area (Å²) in [5, 5.41) is 0. The highest BCUT2D eigenvalue weighted by Crippen LogP contribution is 2.60. The van der Waals surface area contributed by atoms with Crippen LogP contribution in [0.3, 0.4) is 0 Å². The average Bonchev–Trinajstić information content (AvgIpc) is 3.06. The highest BCUT2D eigenvalue weighted by molar-refractivity contribution is 7.80. The molecule has 1 nitrogen and oxygen atoms in total. The van der Waals surface area contributed by atoms with Crippen LogP contribution >= 0.6 is 12.2 Å². The molecule has 29 heavy (non-hydrogen) atoms. The van der Waals surface area contributed by atoms with E-state index < -0.39 is 0 Å². The summed E-state index contributed by atoms with van der Waals surface area (Å²) in [5.41, 5.74) is 6.10. The number of fused-ring (bicyclic) bond motifs is 5. The molecule has 2 fully saturated rings. The van der Waals surface area contributed by atoms with Gasteiger partial charge in [-0.1, -0.05) is 62.5 Å². The molecular formula is C27H32OS. The Bertz CT molecular complexity index is 918. The Morgan fingerprint density at radius 1 is 1.07 bits per heavy atom. The zero-order valence-corrected chi connectivity index (χ0v) is 18.6. The standard InChI is InChI=1S/C27H32OS/c1-3-19-15-23-20(16-25(19)28-17-18-7-5-4-6-8-18)9-10-22-21(23)13-14-27(2)24(22)11-12-26(27)29/h4-8,15-16,21-22,24H,3,9-14,17H2,1-2H3/t21-,22+,24-,27-/m0/s1. The van der Waals surface area contributed by atoms with Crippen LogP contribution in [0.15, 0.2) is 42.5 Å². The van der Waals surface area contributed by atoms with Crippen LogP contribution in [0, 0.1) is 17.3 Å². The van der Waals surface area contributed by atoms with E-state index in [0.29, 0.717) is 12.0 Å². The smallest absolute Gasteiger partial charge is 0.123 e. The lowest BCUT2D eigenvalue weighted by Gasteiger charge is -2.49. The molecule has 3 aliphatic carbocycles. The molecule has 0 N–H and O–H groups in total. The van der Waals surface area contributed by atoms with Crippen molar-refractivity contribution in [3.63, 3.8) is 0 Å². The maximum atomic E-state index is 6.30. The number of benzene rings is 2. The third-order valence-corrected chi connectivity index (χ3v) is 8.90. The molecule has 2 aromatic carbocycles. The largest absolute Gasteiger partial charge is 0.489 e. The van der Waals surface area contributed by atoms with Crippen molar-refractivity contribution in [1.29, 1.82) is 0 Å². The van der Waals surface area contributed by atoms with Crippen LogP contribution in [0.5, 0.6) is 5.75 Å². The first kappa shape index (κ1) is 19.3. The molecule has 0 amide bonds. The van der Waals surface area contributed by atoms with Gasteiger partial charge in [-0.2, -0.15) is 0 Å². The van der Waals surface area contributed by atoms with Gasteiger partial charge in [0.1, 0.15) is 12.4 Å². The van der Waals surface area contributed by atoms with Crippen molar-refractivity contribution >= 4 is 17.1 Å². The third kappa shape index (κ3) is 3.24. The highest BCUT2D eigenvalue weighted by Gasteiger charge is 2.52. The molecule has 0 unspecified atom stereocenters. The topological polar surface area (TPSA) is 9.23 Å². The monoisotopic (exact) mass is 404 g/mol. The Kier molecular flexibility index (Phi) is 5.02. The van der Waals surface area contributed by atoms with E-state index >= 15 is 0 Å². The Labute approximate surface area is 180 Å². The zero-order valence-electron chi connectivity index (χ0n) is 17.7. The summed E-state index contributed by atoms with van der Waals surface area (Å²) >= 11 is 5.81. The fourth-order valence-corrected chi connectivity index (χ4v) is 6.93. The van der Waals surface area contributed by atoms with E-state index in [-0.39, 0.29) is 0 Å². The maximum Gasteiger partial charge on any atom is 0.123 e. The lowest BCUT2D eigenvalue weighted by Crippen LogP contribution is -2.42. The maximum absolute atomic E-state index is 6.30. The van der Waals surface area contributed by atoms with Gasteiger partial charge in [0, 0.05) is 5.41 Å². The van der Waals surface area contributed by atoms with Crippen LogP contribution in [0.1, 0.15) is 74.1 Å². The van der Waals surface area contributed by atoms with Gasteiger partial charge >= 0.3 is 0 Å². The van der Waals surface area contributed by atoms with Crippen molar-refractivity contribution in [2.24, 2.45) is 17.3 Å². The summed E-state index contributed by atoms with van der Waals surface area (Å²) in [6.07, 6.45) is 8.64. The van der Waals surface area contributed by atoms with Crippen molar-refractivity contribution < 1.29 is 4.74 Å². The minimum absolute atomic E-state index is 0.334. The Hall–Kier alpha value is -1.67. The SMILES string of the molecule is CCc1cc2c(cc1OCc1ccccc1)CC[C@@H]1[C@@H]2CC[C@]2(C)C(=S)CC[C@@H]12. The van der Waals surface area contributed by atoms with E-state index in [1.54, 1.807) is 5.56 Å². The second-order valence-electron chi connectivity index (χ2n) is 9.62. The molecule has 0 heterocycles. The fourth-order valence-electron chi connectivity index (χ4n) is 6.56. The van der Waals surface area contributed by atoms with E-state index in [4.69, 9.17) is 17.0 Å². The summed E-state index contributed by atoms with van der Waals surface area (Å²) in [5.74, 6) is 3.45. The van der Waals surface area contributed by atoms with E-state index in [1.807, 2.05) is 0 Å². The molecular weight excluding hydrogens is 372 g/mol. The predicted molar refractivity (Wildman–Crippen MR) is 124 cm³/mol. The van der Waals surface area contributed by atoms with Gasteiger partial charge in [-0.3, -0.25) is 0 Å². The minimum atomic E-state index is 0.334. The number of hydrogen-bond acceptors (Lipinski definition) is 2. The number of aryl methyl sites for hydroxylation is 2. The van der Waals surface area contributed by atoms with Crippen molar-refractivity contribution in [2.45, 2.75) is 71.3 Å². The highest BCUT2D eigenvalue weighted by atomic mass is 32.1. The lowest BCUT2D eigenvalue weighted by atomic mass is 9.55. The summed E-state index contributed by atoms with van der Waals surface area (Å²) < 4.78 is 6.30. The molecule has 0 radical (unpaired) electrons. The molecule has 2 saturated carbocycles. The molecule has 0 spiro atoms. The van der Waals surface area contributed by atoms with Crippen molar-refractivity contribution in [2.75, 3.05) is 0 Å².